The lowest BCUT2D eigenvalue weighted by Gasteiger charge is -2.37. The first-order valence-corrected chi connectivity index (χ1v) is 14.5. The third kappa shape index (κ3) is 4.39. The highest BCUT2D eigenvalue weighted by Gasteiger charge is 2.42. The molecule has 5 rings (SSSR count). The second-order valence-corrected chi connectivity index (χ2v) is 13.1. The number of anilines is 1. The number of amides is 1. The average Bonchev–Trinajstić information content (AvgIpc) is 3.57. The number of hydrogen-bond donors (Lipinski definition) is 0. The number of rotatable bonds is 5. The molecule has 0 spiro atoms. The minimum Gasteiger partial charge on any atom is -0.345 e. The van der Waals surface area contributed by atoms with Gasteiger partial charge in [-0.15, -0.1) is 11.3 Å². The van der Waals surface area contributed by atoms with Crippen molar-refractivity contribution in [3.8, 4) is 0 Å². The number of aromatic nitrogens is 1. The van der Waals surface area contributed by atoms with E-state index in [2.05, 4.69) is 30.0 Å². The highest BCUT2D eigenvalue weighted by Crippen LogP contribution is 2.34. The van der Waals surface area contributed by atoms with Crippen molar-refractivity contribution in [1.29, 1.82) is 0 Å². The molecule has 2 saturated heterocycles. The smallest absolute Gasteiger partial charge is 0.253 e. The van der Waals surface area contributed by atoms with Crippen molar-refractivity contribution in [2.45, 2.75) is 36.4 Å². The Hall–Kier alpha value is -1.72. The first kappa shape index (κ1) is 23.0. The van der Waals surface area contributed by atoms with Gasteiger partial charge in [0.25, 0.3) is 10.0 Å². The summed E-state index contributed by atoms with van der Waals surface area (Å²) in [6.07, 6.45) is 2.23. The van der Waals surface area contributed by atoms with Gasteiger partial charge in [-0.2, -0.15) is 4.31 Å². The molecule has 1 atom stereocenters. The minimum absolute atomic E-state index is 0.102. The summed E-state index contributed by atoms with van der Waals surface area (Å²) in [4.78, 5) is 22.1. The minimum atomic E-state index is -3.72. The van der Waals surface area contributed by atoms with Crippen LogP contribution in [0.1, 0.15) is 25.3 Å². The van der Waals surface area contributed by atoms with E-state index in [4.69, 9.17) is 16.6 Å². The molecule has 1 aromatic carbocycles. The number of carbonyl (C=O) groups is 1. The van der Waals surface area contributed by atoms with Crippen molar-refractivity contribution in [3.63, 3.8) is 0 Å². The quantitative estimate of drug-likeness (QED) is 0.503. The monoisotopic (exact) mass is 524 g/mol. The maximum Gasteiger partial charge on any atom is 0.253 e. The van der Waals surface area contributed by atoms with Gasteiger partial charge in [0.1, 0.15) is 10.3 Å². The van der Waals surface area contributed by atoms with Crippen LogP contribution in [0.4, 0.5) is 5.13 Å². The largest absolute Gasteiger partial charge is 0.345 e. The van der Waals surface area contributed by atoms with E-state index in [1.807, 2.05) is 0 Å². The number of thiazole rings is 1. The van der Waals surface area contributed by atoms with Gasteiger partial charge in [0, 0.05) is 32.7 Å². The summed E-state index contributed by atoms with van der Waals surface area (Å²) in [7, 11) is -3.72. The van der Waals surface area contributed by atoms with Crippen molar-refractivity contribution in [3.05, 3.63) is 40.2 Å². The van der Waals surface area contributed by atoms with Gasteiger partial charge in [0.05, 0.1) is 14.6 Å². The molecule has 2 aromatic heterocycles. The maximum absolute atomic E-state index is 13.3. The number of sulfonamides is 1. The van der Waals surface area contributed by atoms with E-state index in [1.165, 1.54) is 20.6 Å². The molecule has 0 saturated carbocycles. The van der Waals surface area contributed by atoms with E-state index in [0.29, 0.717) is 49.9 Å². The van der Waals surface area contributed by atoms with Crippen LogP contribution in [-0.4, -0.2) is 67.3 Å². The molecular formula is C22H25ClN4O3S3. The summed E-state index contributed by atoms with van der Waals surface area (Å²) >= 11 is 8.67. The predicted octanol–water partition coefficient (Wildman–Crippen LogP) is 4.08. The van der Waals surface area contributed by atoms with Crippen LogP contribution >= 0.6 is 34.3 Å². The molecule has 4 heterocycles. The highest BCUT2D eigenvalue weighted by atomic mass is 35.5. The third-order valence-electron chi connectivity index (χ3n) is 6.31. The number of nitrogens with zero attached hydrogens (tertiary/aromatic N) is 4. The molecule has 1 unspecified atom stereocenters. The second-order valence-electron chi connectivity index (χ2n) is 8.30. The molecule has 33 heavy (non-hydrogen) atoms. The zero-order chi connectivity index (χ0) is 23.2. The maximum atomic E-state index is 13.3. The first-order valence-electron chi connectivity index (χ1n) is 11.1. The molecule has 2 fully saturated rings. The van der Waals surface area contributed by atoms with Crippen LogP contribution in [-0.2, 0) is 21.2 Å². The van der Waals surface area contributed by atoms with Gasteiger partial charge in [0.15, 0.2) is 5.13 Å². The molecule has 3 aromatic rings. The molecule has 0 bridgehead atoms. The number of fused-ring (bicyclic) bond motifs is 1. The van der Waals surface area contributed by atoms with Gasteiger partial charge in [-0.25, -0.2) is 13.4 Å². The summed E-state index contributed by atoms with van der Waals surface area (Å²) in [5, 5.41) is 0.977. The van der Waals surface area contributed by atoms with Crippen LogP contribution in [0.25, 0.3) is 10.2 Å². The lowest BCUT2D eigenvalue weighted by atomic mass is 10.2. The number of benzene rings is 1. The molecule has 7 nitrogen and oxygen atoms in total. The van der Waals surface area contributed by atoms with Crippen LogP contribution in [0.5, 0.6) is 0 Å². The van der Waals surface area contributed by atoms with Gasteiger partial charge in [-0.1, -0.05) is 35.9 Å². The molecule has 176 valence electrons. The number of aryl methyl sites for hydroxylation is 1. The zero-order valence-corrected chi connectivity index (χ0v) is 21.4. The van der Waals surface area contributed by atoms with Gasteiger partial charge in [-0.05, 0) is 49.1 Å². The van der Waals surface area contributed by atoms with E-state index in [0.717, 1.165) is 28.4 Å². The summed E-state index contributed by atoms with van der Waals surface area (Å²) < 4.78 is 29.4. The number of thiophene rings is 1. The van der Waals surface area contributed by atoms with Crippen molar-refractivity contribution >= 4 is 65.6 Å². The molecule has 11 heteroatoms. The Morgan fingerprint density at radius 2 is 1.91 bits per heavy atom. The molecule has 2 aliphatic rings. The fourth-order valence-corrected chi connectivity index (χ4v) is 8.81. The van der Waals surface area contributed by atoms with E-state index in [1.54, 1.807) is 22.3 Å². The van der Waals surface area contributed by atoms with E-state index in [9.17, 15) is 13.2 Å². The SMILES string of the molecule is CCc1ccc2nc(N3CCN(C(=O)C4CCCN4S(=O)(=O)c4ccc(Cl)s4)CC3)sc2c1. The van der Waals surface area contributed by atoms with E-state index in [-0.39, 0.29) is 10.1 Å². The van der Waals surface area contributed by atoms with Crippen molar-refractivity contribution in [2.75, 3.05) is 37.6 Å². The number of halogens is 1. The van der Waals surface area contributed by atoms with Crippen LogP contribution in [0.2, 0.25) is 4.34 Å². The Bertz CT molecular complexity index is 1280. The molecule has 1 amide bonds. The van der Waals surface area contributed by atoms with Crippen LogP contribution < -0.4 is 4.90 Å². The fourth-order valence-electron chi connectivity index (χ4n) is 4.47. The topological polar surface area (TPSA) is 73.8 Å². The van der Waals surface area contributed by atoms with Crippen molar-refractivity contribution < 1.29 is 13.2 Å². The number of piperazine rings is 1. The Balaban J connectivity index is 1.26. The second kappa shape index (κ2) is 9.14. The molecule has 0 aliphatic carbocycles. The number of carbonyl (C=O) groups excluding carboxylic acids is 1. The fraction of sp³-hybridized carbons (Fsp3) is 0.455. The normalized spacial score (nSPS) is 20.1. The molecule has 0 N–H and O–H groups in total. The predicted molar refractivity (Wildman–Crippen MR) is 134 cm³/mol. The summed E-state index contributed by atoms with van der Waals surface area (Å²) in [6.45, 7) is 5.00. The lowest BCUT2D eigenvalue weighted by molar-refractivity contribution is -0.134. The Kier molecular flexibility index (Phi) is 6.39. The van der Waals surface area contributed by atoms with E-state index < -0.39 is 16.1 Å². The Morgan fingerprint density at radius 1 is 1.12 bits per heavy atom. The average molecular weight is 525 g/mol. The summed E-state index contributed by atoms with van der Waals surface area (Å²) in [6, 6.07) is 8.85. The van der Waals surface area contributed by atoms with Gasteiger partial charge < -0.3 is 9.80 Å². The highest BCUT2D eigenvalue weighted by molar-refractivity contribution is 7.91. The van der Waals surface area contributed by atoms with Crippen LogP contribution in [0, 0.1) is 0 Å². The van der Waals surface area contributed by atoms with Gasteiger partial charge in [-0.3, -0.25) is 4.79 Å². The van der Waals surface area contributed by atoms with Crippen molar-refractivity contribution in [1.82, 2.24) is 14.2 Å². The summed E-state index contributed by atoms with van der Waals surface area (Å²) in [5.74, 6) is -0.102. The molecular weight excluding hydrogens is 500 g/mol. The molecule has 2 aliphatic heterocycles. The lowest BCUT2D eigenvalue weighted by Crippen LogP contribution is -2.54. The van der Waals surface area contributed by atoms with Gasteiger partial charge >= 0.3 is 0 Å². The van der Waals surface area contributed by atoms with Gasteiger partial charge in [0.2, 0.25) is 5.91 Å². The Labute approximate surface area is 206 Å². The zero-order valence-electron chi connectivity index (χ0n) is 18.2. The van der Waals surface area contributed by atoms with Crippen LogP contribution in [0.3, 0.4) is 0 Å². The standard InChI is InChI=1S/C22H25ClN4O3S3/c1-2-15-5-6-16-18(14-15)31-22(24-16)26-12-10-25(11-13-26)21(28)17-4-3-9-27(17)33(29,30)20-8-7-19(23)32-20/h5-8,14,17H,2-4,9-13H2,1H3. The number of hydrogen-bond acceptors (Lipinski definition) is 7. The Morgan fingerprint density at radius 3 is 2.61 bits per heavy atom. The third-order valence-corrected chi connectivity index (χ3v) is 11.0. The van der Waals surface area contributed by atoms with E-state index >= 15 is 0 Å². The molecule has 0 radical (unpaired) electrons. The van der Waals surface area contributed by atoms with Crippen molar-refractivity contribution in [2.24, 2.45) is 0 Å². The summed E-state index contributed by atoms with van der Waals surface area (Å²) in [5.41, 5.74) is 2.31. The first-order chi connectivity index (χ1) is 15.9. The van der Waals surface area contributed by atoms with Crippen LogP contribution in [0.15, 0.2) is 34.5 Å².